The molecule has 4 rings (SSSR count). The number of pyridine rings is 1. The highest BCUT2D eigenvalue weighted by Gasteiger charge is 2.33. The first-order valence-corrected chi connectivity index (χ1v) is 11.4. The van der Waals surface area contributed by atoms with Crippen LogP contribution in [0.15, 0.2) is 59.5 Å². The highest BCUT2D eigenvalue weighted by molar-refractivity contribution is 8.26. The lowest BCUT2D eigenvalue weighted by Crippen LogP contribution is -2.36. The monoisotopic (exact) mass is 527 g/mol. The van der Waals surface area contributed by atoms with Crippen LogP contribution in [0.25, 0.3) is 17.3 Å². The van der Waals surface area contributed by atoms with Crippen LogP contribution < -0.4 is 5.32 Å². The summed E-state index contributed by atoms with van der Waals surface area (Å²) >= 11 is 6.21. The number of aromatic nitrogens is 1. The number of hydrogen-bond donors (Lipinski definition) is 3. The number of hydrogen-bond acceptors (Lipinski definition) is 7. The third kappa shape index (κ3) is 5.39. The molecule has 0 bridgehead atoms. The number of amides is 2. The van der Waals surface area contributed by atoms with Gasteiger partial charge in [0.1, 0.15) is 22.2 Å². The second-order valence-corrected chi connectivity index (χ2v) is 9.11. The molecule has 1 aliphatic rings. The molecule has 2 heterocycles. The van der Waals surface area contributed by atoms with Gasteiger partial charge in [-0.1, -0.05) is 30.0 Å². The largest absolute Gasteiger partial charge is 0.507 e. The van der Waals surface area contributed by atoms with E-state index in [1.54, 1.807) is 18.2 Å². The minimum atomic E-state index is -1.32. The van der Waals surface area contributed by atoms with Crippen LogP contribution in [0.1, 0.15) is 16.1 Å². The minimum absolute atomic E-state index is 0.140. The molecule has 12 heteroatoms. The van der Waals surface area contributed by atoms with Crippen molar-refractivity contribution in [2.24, 2.45) is 0 Å². The SMILES string of the molecule is O=C(CN1C(=O)C(=Cc2cccc(-c3ccc(F)c(F)c3)n2)SC1=S)Nc1ccc(C(=O)O)c(O)c1. The average Bonchev–Trinajstić information content (AvgIpc) is 3.08. The van der Waals surface area contributed by atoms with Crippen molar-refractivity contribution in [2.75, 3.05) is 11.9 Å². The topological polar surface area (TPSA) is 120 Å². The van der Waals surface area contributed by atoms with E-state index in [2.05, 4.69) is 10.3 Å². The van der Waals surface area contributed by atoms with Gasteiger partial charge in [-0.3, -0.25) is 14.5 Å². The van der Waals surface area contributed by atoms with Crippen LogP contribution in [0, 0.1) is 11.6 Å². The number of nitrogens with one attached hydrogen (secondary N) is 1. The molecular weight excluding hydrogens is 512 g/mol. The third-order valence-corrected chi connectivity index (χ3v) is 6.33. The maximum atomic E-state index is 13.6. The summed E-state index contributed by atoms with van der Waals surface area (Å²) in [6, 6.07) is 11.8. The van der Waals surface area contributed by atoms with Gasteiger partial charge in [0, 0.05) is 17.3 Å². The number of phenols is 1. The van der Waals surface area contributed by atoms with E-state index >= 15 is 0 Å². The van der Waals surface area contributed by atoms with Crippen molar-refractivity contribution in [1.82, 2.24) is 9.88 Å². The number of carboxylic acids is 1. The number of nitrogens with zero attached hydrogens (tertiary/aromatic N) is 2. The summed E-state index contributed by atoms with van der Waals surface area (Å²) in [6.07, 6.45) is 1.48. The number of halogens is 2. The average molecular weight is 528 g/mol. The number of rotatable bonds is 6. The highest BCUT2D eigenvalue weighted by Crippen LogP contribution is 2.32. The van der Waals surface area contributed by atoms with Gasteiger partial charge in [0.25, 0.3) is 5.91 Å². The van der Waals surface area contributed by atoms with E-state index in [4.69, 9.17) is 17.3 Å². The summed E-state index contributed by atoms with van der Waals surface area (Å²) in [4.78, 5) is 42.0. The summed E-state index contributed by atoms with van der Waals surface area (Å²) in [5.74, 6) is -4.96. The molecule has 36 heavy (non-hydrogen) atoms. The maximum Gasteiger partial charge on any atom is 0.339 e. The van der Waals surface area contributed by atoms with E-state index in [-0.39, 0.29) is 20.5 Å². The van der Waals surface area contributed by atoms with Gasteiger partial charge >= 0.3 is 5.97 Å². The van der Waals surface area contributed by atoms with Gasteiger partial charge in [0.2, 0.25) is 5.91 Å². The Morgan fingerprint density at radius 3 is 2.58 bits per heavy atom. The molecule has 3 aromatic rings. The first-order chi connectivity index (χ1) is 17.1. The summed E-state index contributed by atoms with van der Waals surface area (Å²) in [7, 11) is 0. The normalized spacial score (nSPS) is 14.4. The van der Waals surface area contributed by atoms with Crippen LogP contribution in [-0.4, -0.2) is 48.7 Å². The molecule has 0 spiro atoms. The van der Waals surface area contributed by atoms with Crippen LogP contribution in [0.4, 0.5) is 14.5 Å². The van der Waals surface area contributed by atoms with Gasteiger partial charge in [0.15, 0.2) is 11.6 Å². The highest BCUT2D eigenvalue weighted by atomic mass is 32.2. The fourth-order valence-electron chi connectivity index (χ4n) is 3.25. The molecular formula is C24H15F2N3O5S2. The lowest BCUT2D eigenvalue weighted by molar-refractivity contribution is -0.126. The Labute approximate surface area is 212 Å². The Kier molecular flexibility index (Phi) is 7.08. The maximum absolute atomic E-state index is 13.6. The van der Waals surface area contributed by atoms with Crippen LogP contribution in [-0.2, 0) is 9.59 Å². The van der Waals surface area contributed by atoms with Crippen molar-refractivity contribution in [2.45, 2.75) is 0 Å². The molecule has 2 aromatic carbocycles. The number of carbonyl (C=O) groups is 3. The molecule has 0 unspecified atom stereocenters. The molecule has 0 aliphatic carbocycles. The van der Waals surface area contributed by atoms with Gasteiger partial charge in [-0.15, -0.1) is 0 Å². The molecule has 1 saturated heterocycles. The van der Waals surface area contributed by atoms with Crippen LogP contribution in [0.2, 0.25) is 0 Å². The van der Waals surface area contributed by atoms with Crippen LogP contribution >= 0.6 is 24.0 Å². The van der Waals surface area contributed by atoms with Crippen LogP contribution in [0.5, 0.6) is 5.75 Å². The summed E-state index contributed by atoms with van der Waals surface area (Å²) in [6.45, 7) is -0.411. The van der Waals surface area contributed by atoms with Gasteiger partial charge in [0.05, 0.1) is 16.3 Å². The van der Waals surface area contributed by atoms with E-state index in [0.717, 1.165) is 40.9 Å². The number of anilines is 1. The fraction of sp³-hybridized carbons (Fsp3) is 0.0417. The van der Waals surface area contributed by atoms with Gasteiger partial charge in [-0.25, -0.2) is 18.6 Å². The van der Waals surface area contributed by atoms with E-state index < -0.39 is 41.7 Å². The van der Waals surface area contributed by atoms with Crippen molar-refractivity contribution in [1.29, 1.82) is 0 Å². The third-order valence-electron chi connectivity index (χ3n) is 4.95. The van der Waals surface area contributed by atoms with E-state index in [9.17, 15) is 28.3 Å². The zero-order valence-corrected chi connectivity index (χ0v) is 19.7. The second kappa shape index (κ2) is 10.2. The molecule has 0 saturated carbocycles. The smallest absolute Gasteiger partial charge is 0.339 e. The zero-order valence-electron chi connectivity index (χ0n) is 18.1. The van der Waals surface area contributed by atoms with Gasteiger partial charge in [-0.2, -0.15) is 0 Å². The van der Waals surface area contributed by atoms with Crippen molar-refractivity contribution < 1.29 is 33.4 Å². The Morgan fingerprint density at radius 2 is 1.89 bits per heavy atom. The number of aromatic carboxylic acids is 1. The molecule has 3 N–H and O–H groups in total. The predicted octanol–water partition coefficient (Wildman–Crippen LogP) is 4.27. The van der Waals surface area contributed by atoms with E-state index in [1.807, 2.05) is 0 Å². The molecule has 1 fully saturated rings. The van der Waals surface area contributed by atoms with E-state index in [1.165, 1.54) is 18.2 Å². The first-order valence-electron chi connectivity index (χ1n) is 10.2. The molecule has 1 aromatic heterocycles. The Hall–Kier alpha value is -4.16. The Morgan fingerprint density at radius 1 is 1.11 bits per heavy atom. The Balaban J connectivity index is 1.47. The second-order valence-electron chi connectivity index (χ2n) is 7.43. The predicted molar refractivity (Wildman–Crippen MR) is 133 cm³/mol. The first kappa shape index (κ1) is 24.9. The number of thioether (sulfide) groups is 1. The number of aromatic hydroxyl groups is 1. The lowest BCUT2D eigenvalue weighted by atomic mass is 10.1. The van der Waals surface area contributed by atoms with E-state index in [0.29, 0.717) is 17.0 Å². The van der Waals surface area contributed by atoms with Crippen molar-refractivity contribution in [3.63, 3.8) is 0 Å². The molecule has 2 amide bonds. The number of carboxylic acid groups (broad SMARTS) is 1. The standard InChI is InChI=1S/C24H15F2N3O5S2/c25-16-7-4-12(8-17(16)26)18-3-1-2-13(27-18)10-20-22(32)29(24(35)36-20)11-21(31)28-14-5-6-15(23(33)34)19(30)9-14/h1-10,30H,11H2,(H,28,31)(H,33,34). The molecule has 1 aliphatic heterocycles. The summed E-state index contributed by atoms with van der Waals surface area (Å²) < 4.78 is 27.0. The van der Waals surface area contributed by atoms with Crippen molar-refractivity contribution >= 4 is 57.8 Å². The number of thiocarbonyl (C=S) groups is 1. The van der Waals surface area contributed by atoms with Crippen LogP contribution in [0.3, 0.4) is 0 Å². The molecule has 8 nitrogen and oxygen atoms in total. The lowest BCUT2D eigenvalue weighted by Gasteiger charge is -2.14. The molecule has 182 valence electrons. The van der Waals surface area contributed by atoms with Gasteiger partial charge < -0.3 is 15.5 Å². The zero-order chi connectivity index (χ0) is 26.0. The fourth-order valence-corrected chi connectivity index (χ4v) is 4.49. The minimum Gasteiger partial charge on any atom is -0.507 e. The quantitative estimate of drug-likeness (QED) is 0.321. The van der Waals surface area contributed by atoms with Crippen molar-refractivity contribution in [3.8, 4) is 17.0 Å². The summed E-state index contributed by atoms with van der Waals surface area (Å²) in [5.41, 5.74) is 0.917. The molecule has 0 atom stereocenters. The molecule has 0 radical (unpaired) electrons. The number of benzene rings is 2. The van der Waals surface area contributed by atoms with Crippen molar-refractivity contribution in [3.05, 3.63) is 82.4 Å². The summed E-state index contributed by atoms with van der Waals surface area (Å²) in [5, 5.41) is 21.2. The van der Waals surface area contributed by atoms with Gasteiger partial charge in [-0.05, 0) is 48.5 Å². The Bertz CT molecular complexity index is 1460. The number of carbonyl (C=O) groups excluding carboxylic acids is 2.